The predicted octanol–water partition coefficient (Wildman–Crippen LogP) is 2.46. The molecule has 0 N–H and O–H groups in total. The molecule has 1 atom stereocenters. The number of anilines is 1. The van der Waals surface area contributed by atoms with Crippen molar-refractivity contribution < 1.29 is 17.9 Å². The summed E-state index contributed by atoms with van der Waals surface area (Å²) in [5, 5.41) is 0. The fraction of sp³-hybridized carbons (Fsp3) is 0.375. The first-order valence-electron chi connectivity index (χ1n) is 10.9. The van der Waals surface area contributed by atoms with Gasteiger partial charge in [-0.15, -0.1) is 0 Å². The van der Waals surface area contributed by atoms with Gasteiger partial charge in [0.25, 0.3) is 5.91 Å². The fourth-order valence-electron chi connectivity index (χ4n) is 4.10. The SMILES string of the molecule is CS(=O)(=O)N1CCC(C(=O)N2CCN(C/C=C/c3ccccc3)CC2)Oc2ccccc21. The van der Waals surface area contributed by atoms with Gasteiger partial charge in [0.15, 0.2) is 6.10 Å². The summed E-state index contributed by atoms with van der Waals surface area (Å²) in [4.78, 5) is 17.3. The van der Waals surface area contributed by atoms with Crippen LogP contribution in [0.2, 0.25) is 0 Å². The lowest BCUT2D eigenvalue weighted by molar-refractivity contribution is -0.140. The molecule has 0 aromatic heterocycles. The fourth-order valence-corrected chi connectivity index (χ4v) is 5.05. The molecular formula is C24H29N3O4S. The number of nitrogens with zero attached hydrogens (tertiary/aromatic N) is 3. The molecule has 0 aliphatic carbocycles. The number of ether oxygens (including phenoxy) is 1. The molecule has 7 nitrogen and oxygen atoms in total. The smallest absolute Gasteiger partial charge is 0.263 e. The third-order valence-corrected chi connectivity index (χ3v) is 7.01. The van der Waals surface area contributed by atoms with Gasteiger partial charge < -0.3 is 9.64 Å². The minimum atomic E-state index is -3.46. The normalized spacial score (nSPS) is 20.0. The zero-order chi connectivity index (χ0) is 22.6. The summed E-state index contributed by atoms with van der Waals surface area (Å²) in [5.41, 5.74) is 1.66. The molecule has 2 aromatic carbocycles. The number of rotatable bonds is 5. The van der Waals surface area contributed by atoms with Crippen LogP contribution in [0.25, 0.3) is 6.08 Å². The molecule has 0 spiro atoms. The van der Waals surface area contributed by atoms with Crippen LogP contribution >= 0.6 is 0 Å². The summed E-state index contributed by atoms with van der Waals surface area (Å²) >= 11 is 0. The van der Waals surface area contributed by atoms with Crippen LogP contribution in [0.1, 0.15) is 12.0 Å². The van der Waals surface area contributed by atoms with Gasteiger partial charge in [-0.05, 0) is 17.7 Å². The Morgan fingerprint density at radius 2 is 1.69 bits per heavy atom. The average molecular weight is 456 g/mol. The number of piperazine rings is 1. The maximum Gasteiger partial charge on any atom is 0.263 e. The van der Waals surface area contributed by atoms with Crippen molar-refractivity contribution in [2.45, 2.75) is 12.5 Å². The second-order valence-corrected chi connectivity index (χ2v) is 10.0. The maximum absolute atomic E-state index is 13.2. The topological polar surface area (TPSA) is 70.2 Å². The Bertz CT molecular complexity index is 1060. The molecule has 2 aliphatic rings. The van der Waals surface area contributed by atoms with Crippen LogP contribution in [0.4, 0.5) is 5.69 Å². The molecule has 0 saturated carbocycles. The Kier molecular flexibility index (Phi) is 6.81. The molecule has 32 heavy (non-hydrogen) atoms. The Hall–Kier alpha value is -2.84. The highest BCUT2D eigenvalue weighted by Gasteiger charge is 2.34. The third kappa shape index (κ3) is 5.31. The number of para-hydroxylation sites is 2. The molecule has 0 bridgehead atoms. The van der Waals surface area contributed by atoms with Crippen molar-refractivity contribution in [1.29, 1.82) is 0 Å². The third-order valence-electron chi connectivity index (χ3n) is 5.83. The van der Waals surface area contributed by atoms with E-state index in [1.807, 2.05) is 23.1 Å². The minimum absolute atomic E-state index is 0.0744. The molecule has 4 rings (SSSR count). The summed E-state index contributed by atoms with van der Waals surface area (Å²) in [5.74, 6) is 0.355. The van der Waals surface area contributed by atoms with Gasteiger partial charge in [-0.25, -0.2) is 8.42 Å². The first-order valence-corrected chi connectivity index (χ1v) is 12.7. The van der Waals surface area contributed by atoms with Crippen molar-refractivity contribution in [1.82, 2.24) is 9.80 Å². The highest BCUT2D eigenvalue weighted by molar-refractivity contribution is 7.92. The van der Waals surface area contributed by atoms with Gasteiger partial charge in [0.1, 0.15) is 5.75 Å². The van der Waals surface area contributed by atoms with Gasteiger partial charge in [-0.3, -0.25) is 14.0 Å². The van der Waals surface area contributed by atoms with Crippen LogP contribution in [0, 0.1) is 0 Å². The summed E-state index contributed by atoms with van der Waals surface area (Å²) in [6, 6.07) is 17.2. The summed E-state index contributed by atoms with van der Waals surface area (Å²) < 4.78 is 31.9. The number of fused-ring (bicyclic) bond motifs is 1. The summed E-state index contributed by atoms with van der Waals surface area (Å²) in [7, 11) is -3.46. The van der Waals surface area contributed by atoms with Crippen molar-refractivity contribution in [3.8, 4) is 5.75 Å². The van der Waals surface area contributed by atoms with E-state index in [0.29, 0.717) is 30.9 Å². The molecule has 2 aromatic rings. The van der Waals surface area contributed by atoms with Gasteiger partial charge in [0.2, 0.25) is 10.0 Å². The van der Waals surface area contributed by atoms with Crippen LogP contribution in [-0.2, 0) is 14.8 Å². The first-order chi connectivity index (χ1) is 15.4. The van der Waals surface area contributed by atoms with Gasteiger partial charge in [0.05, 0.1) is 11.9 Å². The van der Waals surface area contributed by atoms with Crippen molar-refractivity contribution in [3.05, 3.63) is 66.2 Å². The van der Waals surface area contributed by atoms with E-state index < -0.39 is 16.1 Å². The van der Waals surface area contributed by atoms with Crippen molar-refractivity contribution in [3.63, 3.8) is 0 Å². The van der Waals surface area contributed by atoms with Crippen LogP contribution < -0.4 is 9.04 Å². The van der Waals surface area contributed by atoms with Crippen molar-refractivity contribution in [2.75, 3.05) is 49.8 Å². The van der Waals surface area contributed by atoms with Crippen LogP contribution in [0.15, 0.2) is 60.7 Å². The maximum atomic E-state index is 13.2. The standard InChI is InChI=1S/C24H29N3O4S/c1-32(29,30)27-15-13-23(31-22-12-6-5-11-21(22)27)24(28)26-18-16-25(17-19-26)14-7-10-20-8-3-2-4-9-20/h2-12,23H,13-19H2,1H3/b10-7+. The van der Waals surface area contributed by atoms with E-state index in [2.05, 4.69) is 29.2 Å². The van der Waals surface area contributed by atoms with Gasteiger partial charge >= 0.3 is 0 Å². The number of hydrogen-bond donors (Lipinski definition) is 0. The van der Waals surface area contributed by atoms with Gasteiger partial charge in [-0.2, -0.15) is 0 Å². The molecule has 1 unspecified atom stereocenters. The number of carbonyl (C=O) groups is 1. The zero-order valence-electron chi connectivity index (χ0n) is 18.3. The van der Waals surface area contributed by atoms with E-state index in [1.165, 1.54) is 16.1 Å². The quantitative estimate of drug-likeness (QED) is 0.693. The monoisotopic (exact) mass is 455 g/mol. The van der Waals surface area contributed by atoms with Crippen LogP contribution in [-0.4, -0.2) is 75.8 Å². The van der Waals surface area contributed by atoms with Gasteiger partial charge in [-0.1, -0.05) is 54.6 Å². The second-order valence-electron chi connectivity index (χ2n) is 8.14. The molecule has 2 heterocycles. The Balaban J connectivity index is 1.35. The lowest BCUT2D eigenvalue weighted by Crippen LogP contribution is -2.52. The second kappa shape index (κ2) is 9.75. The minimum Gasteiger partial charge on any atom is -0.478 e. The van der Waals surface area contributed by atoms with E-state index in [1.54, 1.807) is 24.3 Å². The Morgan fingerprint density at radius 3 is 2.41 bits per heavy atom. The number of sulfonamides is 1. The van der Waals surface area contributed by atoms with Crippen molar-refractivity contribution in [2.24, 2.45) is 0 Å². The lowest BCUT2D eigenvalue weighted by atomic mass is 10.2. The van der Waals surface area contributed by atoms with Crippen LogP contribution in [0.3, 0.4) is 0 Å². The molecule has 0 radical (unpaired) electrons. The zero-order valence-corrected chi connectivity index (χ0v) is 19.1. The summed E-state index contributed by atoms with van der Waals surface area (Å²) in [6.45, 7) is 3.92. The number of amides is 1. The molecule has 1 amide bonds. The van der Waals surface area contributed by atoms with Crippen molar-refractivity contribution >= 4 is 27.7 Å². The van der Waals surface area contributed by atoms with E-state index >= 15 is 0 Å². The predicted molar refractivity (Wildman–Crippen MR) is 126 cm³/mol. The molecule has 2 aliphatic heterocycles. The Morgan fingerprint density at radius 1 is 1.00 bits per heavy atom. The molecule has 170 valence electrons. The average Bonchev–Trinajstić information content (AvgIpc) is 3.00. The lowest BCUT2D eigenvalue weighted by Gasteiger charge is -2.35. The summed E-state index contributed by atoms with van der Waals surface area (Å²) in [6.07, 6.45) is 5.07. The number of benzene rings is 2. The number of hydrogen-bond acceptors (Lipinski definition) is 5. The van der Waals surface area contributed by atoms with Crippen LogP contribution in [0.5, 0.6) is 5.75 Å². The van der Waals surface area contributed by atoms with Gasteiger partial charge in [0, 0.05) is 45.7 Å². The highest BCUT2D eigenvalue weighted by Crippen LogP contribution is 2.34. The molecule has 1 saturated heterocycles. The highest BCUT2D eigenvalue weighted by atomic mass is 32.2. The molecular weight excluding hydrogens is 426 g/mol. The van der Waals surface area contributed by atoms with E-state index in [0.717, 1.165) is 19.6 Å². The molecule has 8 heteroatoms. The number of carbonyl (C=O) groups excluding carboxylic acids is 1. The Labute approximate surface area is 189 Å². The van der Waals surface area contributed by atoms with E-state index in [-0.39, 0.29) is 12.5 Å². The van der Waals surface area contributed by atoms with E-state index in [4.69, 9.17) is 4.74 Å². The first kappa shape index (κ1) is 22.4. The largest absolute Gasteiger partial charge is 0.478 e. The van der Waals surface area contributed by atoms with E-state index in [9.17, 15) is 13.2 Å². The molecule has 1 fully saturated rings.